The van der Waals surface area contributed by atoms with Gasteiger partial charge in [-0.2, -0.15) is 4.98 Å². The molecule has 10 heteroatoms. The minimum absolute atomic E-state index is 0.0346. The Balaban J connectivity index is 1.86. The number of ether oxygens (including phenoxy) is 1. The van der Waals surface area contributed by atoms with Crippen LogP contribution < -0.4 is 10.2 Å². The van der Waals surface area contributed by atoms with Gasteiger partial charge in [0, 0.05) is 0 Å². The summed E-state index contributed by atoms with van der Waals surface area (Å²) < 4.78 is 45.5. The molecule has 0 radical (unpaired) electrons. The number of anilines is 2. The van der Waals surface area contributed by atoms with E-state index in [1.54, 1.807) is 6.92 Å². The number of aliphatic hydroxyl groups excluding tert-OH is 1. The van der Waals surface area contributed by atoms with Crippen molar-refractivity contribution in [3.05, 3.63) is 47.4 Å². The van der Waals surface area contributed by atoms with Gasteiger partial charge in [-0.05, 0) is 31.5 Å². The molecule has 27 heavy (non-hydrogen) atoms. The predicted molar refractivity (Wildman–Crippen MR) is 89.7 cm³/mol. The molecule has 1 fully saturated rings. The van der Waals surface area contributed by atoms with Crippen molar-refractivity contribution in [3.63, 3.8) is 0 Å². The van der Waals surface area contributed by atoms with Crippen LogP contribution in [-0.2, 0) is 4.74 Å². The molecule has 2 heterocycles. The average Bonchev–Trinajstić information content (AvgIpc) is 3.00. The molecule has 144 valence electrons. The van der Waals surface area contributed by atoms with Crippen LogP contribution in [0, 0.1) is 17.5 Å². The Labute approximate surface area is 152 Å². The van der Waals surface area contributed by atoms with Gasteiger partial charge >= 0.3 is 6.09 Å². The zero-order chi connectivity index (χ0) is 19.7. The van der Waals surface area contributed by atoms with Crippen LogP contribution in [0.1, 0.15) is 25.5 Å². The molecule has 1 saturated heterocycles. The van der Waals surface area contributed by atoms with Crippen molar-refractivity contribution in [2.75, 3.05) is 16.8 Å². The summed E-state index contributed by atoms with van der Waals surface area (Å²) in [6, 6.07) is 2.09. The van der Waals surface area contributed by atoms with Crippen molar-refractivity contribution in [2.45, 2.75) is 32.0 Å². The number of carbonyl (C=O) groups is 1. The molecule has 1 amide bonds. The smallest absolute Gasteiger partial charge is 0.416 e. The van der Waals surface area contributed by atoms with Crippen molar-refractivity contribution in [2.24, 2.45) is 0 Å². The summed E-state index contributed by atoms with van der Waals surface area (Å²) in [5.74, 6) is -3.22. The Morgan fingerprint density at radius 1 is 1.26 bits per heavy atom. The number of nitrogens with one attached hydrogen (secondary N) is 1. The molecule has 3 atom stereocenters. The SMILES string of the molecule is C[C@H](Nc1ncc(F)c(N2C(=O)OC[C@@H]2[C@@H](C)O)n1)c1ccc(F)c(F)c1. The molecule has 0 spiro atoms. The van der Waals surface area contributed by atoms with E-state index in [0.717, 1.165) is 23.2 Å². The molecule has 0 aliphatic carbocycles. The highest BCUT2D eigenvalue weighted by Crippen LogP contribution is 2.27. The predicted octanol–water partition coefficient (Wildman–Crippen LogP) is 2.77. The second kappa shape index (κ2) is 7.39. The van der Waals surface area contributed by atoms with Gasteiger partial charge in [0.15, 0.2) is 23.3 Å². The highest BCUT2D eigenvalue weighted by Gasteiger charge is 2.39. The number of benzene rings is 1. The molecule has 2 aromatic rings. The first-order valence-electron chi connectivity index (χ1n) is 8.16. The highest BCUT2D eigenvalue weighted by molar-refractivity contribution is 5.89. The molecule has 2 N–H and O–H groups in total. The molecule has 3 rings (SSSR count). The minimum atomic E-state index is -0.999. The van der Waals surface area contributed by atoms with Gasteiger partial charge in [-0.3, -0.25) is 0 Å². The maximum Gasteiger partial charge on any atom is 0.416 e. The molecule has 0 unspecified atom stereocenters. The van der Waals surface area contributed by atoms with Crippen LogP contribution in [0.15, 0.2) is 24.4 Å². The number of amides is 1. The topological polar surface area (TPSA) is 87.6 Å². The Hall–Kier alpha value is -2.88. The lowest BCUT2D eigenvalue weighted by Crippen LogP contribution is -2.42. The van der Waals surface area contributed by atoms with Gasteiger partial charge in [-0.1, -0.05) is 6.07 Å². The zero-order valence-corrected chi connectivity index (χ0v) is 14.5. The number of carbonyl (C=O) groups excluding carboxylic acids is 1. The molecular formula is C17H17F3N4O3. The van der Waals surface area contributed by atoms with Gasteiger partial charge < -0.3 is 15.2 Å². The second-order valence-corrected chi connectivity index (χ2v) is 6.16. The molecule has 1 aliphatic rings. The second-order valence-electron chi connectivity index (χ2n) is 6.16. The number of halogens is 3. The summed E-state index contributed by atoms with van der Waals surface area (Å²) in [7, 11) is 0. The first-order chi connectivity index (χ1) is 12.8. The first kappa shape index (κ1) is 18.9. The summed E-state index contributed by atoms with van der Waals surface area (Å²) in [6.07, 6.45) is -0.936. The van der Waals surface area contributed by atoms with E-state index in [1.807, 2.05) is 0 Å². The molecule has 0 bridgehead atoms. The summed E-state index contributed by atoms with van der Waals surface area (Å²) >= 11 is 0. The maximum absolute atomic E-state index is 14.2. The van der Waals surface area contributed by atoms with Gasteiger partial charge in [-0.15, -0.1) is 0 Å². The number of nitrogens with zero attached hydrogens (tertiary/aromatic N) is 3. The minimum Gasteiger partial charge on any atom is -0.447 e. The van der Waals surface area contributed by atoms with Crippen LogP contribution in [0.2, 0.25) is 0 Å². The van der Waals surface area contributed by atoms with Crippen LogP contribution in [0.25, 0.3) is 0 Å². The van der Waals surface area contributed by atoms with Gasteiger partial charge in [0.25, 0.3) is 0 Å². The lowest BCUT2D eigenvalue weighted by molar-refractivity contribution is 0.142. The fraction of sp³-hybridized carbons (Fsp3) is 0.353. The van der Waals surface area contributed by atoms with E-state index >= 15 is 0 Å². The van der Waals surface area contributed by atoms with Crippen LogP contribution in [0.3, 0.4) is 0 Å². The largest absolute Gasteiger partial charge is 0.447 e. The monoisotopic (exact) mass is 382 g/mol. The summed E-state index contributed by atoms with van der Waals surface area (Å²) in [5, 5.41) is 12.6. The summed E-state index contributed by atoms with van der Waals surface area (Å²) in [5.41, 5.74) is 0.422. The van der Waals surface area contributed by atoms with E-state index in [9.17, 15) is 23.1 Å². The van der Waals surface area contributed by atoms with Crippen molar-refractivity contribution in [1.82, 2.24) is 9.97 Å². The lowest BCUT2D eigenvalue weighted by Gasteiger charge is -2.23. The van der Waals surface area contributed by atoms with Crippen LogP contribution in [-0.4, -0.2) is 39.9 Å². The molecule has 1 aromatic heterocycles. The number of aromatic nitrogens is 2. The van der Waals surface area contributed by atoms with Crippen molar-refractivity contribution < 1.29 is 27.8 Å². The zero-order valence-electron chi connectivity index (χ0n) is 14.5. The van der Waals surface area contributed by atoms with Crippen LogP contribution >= 0.6 is 0 Å². The van der Waals surface area contributed by atoms with Gasteiger partial charge in [0.2, 0.25) is 5.95 Å². The third-order valence-corrected chi connectivity index (χ3v) is 4.21. The van der Waals surface area contributed by atoms with E-state index in [4.69, 9.17) is 4.74 Å². The van der Waals surface area contributed by atoms with E-state index in [0.29, 0.717) is 5.56 Å². The third kappa shape index (κ3) is 3.80. The molecular weight excluding hydrogens is 365 g/mol. The Morgan fingerprint density at radius 2 is 2.00 bits per heavy atom. The van der Waals surface area contributed by atoms with Gasteiger partial charge in [-0.25, -0.2) is 27.8 Å². The van der Waals surface area contributed by atoms with Gasteiger partial charge in [0.1, 0.15) is 12.6 Å². The number of hydrogen-bond donors (Lipinski definition) is 2. The standard InChI is InChI=1S/C17H17F3N4O3/c1-8(10-3-4-11(18)12(19)5-10)22-16-21-6-13(20)15(23-16)24-14(9(2)25)7-27-17(24)26/h3-6,8-9,14,25H,7H2,1-2H3,(H,21,22,23)/t8-,9+,14+/m0/s1. The normalized spacial score (nSPS) is 19.0. The van der Waals surface area contributed by atoms with Gasteiger partial charge in [0.05, 0.1) is 18.3 Å². The maximum atomic E-state index is 14.2. The first-order valence-corrected chi connectivity index (χ1v) is 8.16. The number of rotatable bonds is 5. The Morgan fingerprint density at radius 3 is 2.67 bits per heavy atom. The van der Waals surface area contributed by atoms with E-state index in [2.05, 4.69) is 15.3 Å². The molecule has 1 aromatic carbocycles. The van der Waals surface area contributed by atoms with E-state index in [-0.39, 0.29) is 18.4 Å². The number of cyclic esters (lactones) is 1. The van der Waals surface area contributed by atoms with Crippen LogP contribution in [0.4, 0.5) is 29.7 Å². The Bertz CT molecular complexity index is 865. The lowest BCUT2D eigenvalue weighted by atomic mass is 10.1. The summed E-state index contributed by atoms with van der Waals surface area (Å²) in [4.78, 5) is 20.7. The average molecular weight is 382 g/mol. The van der Waals surface area contributed by atoms with Crippen molar-refractivity contribution >= 4 is 17.9 Å². The number of hydrogen-bond acceptors (Lipinski definition) is 6. The fourth-order valence-electron chi connectivity index (χ4n) is 2.69. The van der Waals surface area contributed by atoms with Crippen molar-refractivity contribution in [1.29, 1.82) is 0 Å². The molecule has 7 nitrogen and oxygen atoms in total. The quantitative estimate of drug-likeness (QED) is 0.827. The third-order valence-electron chi connectivity index (χ3n) is 4.21. The molecule has 1 aliphatic heterocycles. The molecule has 0 saturated carbocycles. The van der Waals surface area contributed by atoms with Crippen LogP contribution in [0.5, 0.6) is 0 Å². The van der Waals surface area contributed by atoms with E-state index in [1.165, 1.54) is 13.0 Å². The summed E-state index contributed by atoms with van der Waals surface area (Å²) in [6.45, 7) is 3.00. The highest BCUT2D eigenvalue weighted by atomic mass is 19.2. The Kier molecular flexibility index (Phi) is 5.17. The van der Waals surface area contributed by atoms with Crippen molar-refractivity contribution in [3.8, 4) is 0 Å². The fourth-order valence-corrected chi connectivity index (χ4v) is 2.69. The number of aliphatic hydroxyl groups is 1. The van der Waals surface area contributed by atoms with E-state index < -0.39 is 41.7 Å².